The zero-order chi connectivity index (χ0) is 11.7. The van der Waals surface area contributed by atoms with Crippen molar-refractivity contribution < 1.29 is 4.74 Å². The van der Waals surface area contributed by atoms with Gasteiger partial charge < -0.3 is 10.1 Å². The fourth-order valence-corrected chi connectivity index (χ4v) is 1.54. The fraction of sp³-hybridized carbons (Fsp3) is 1.00. The minimum Gasteiger partial charge on any atom is -0.383 e. The number of hydrogen-bond acceptors (Lipinski definition) is 3. The Morgan fingerprint density at radius 3 is 2.27 bits per heavy atom. The first-order chi connectivity index (χ1) is 7.06. The Morgan fingerprint density at radius 1 is 1.13 bits per heavy atom. The summed E-state index contributed by atoms with van der Waals surface area (Å²) in [4.78, 5) is 2.46. The van der Waals surface area contributed by atoms with Gasteiger partial charge in [-0.1, -0.05) is 27.7 Å². The Balaban J connectivity index is 3.69. The van der Waals surface area contributed by atoms with E-state index in [1.165, 1.54) is 0 Å². The Morgan fingerprint density at radius 2 is 1.80 bits per heavy atom. The molecule has 0 bridgehead atoms. The highest BCUT2D eigenvalue weighted by atomic mass is 16.5. The van der Waals surface area contributed by atoms with Crippen molar-refractivity contribution in [3.63, 3.8) is 0 Å². The van der Waals surface area contributed by atoms with Crippen LogP contribution in [0.1, 0.15) is 27.7 Å². The van der Waals surface area contributed by atoms with Gasteiger partial charge in [0.25, 0.3) is 0 Å². The van der Waals surface area contributed by atoms with Crippen molar-refractivity contribution in [1.82, 2.24) is 10.2 Å². The van der Waals surface area contributed by atoms with E-state index in [1.54, 1.807) is 7.11 Å². The van der Waals surface area contributed by atoms with Gasteiger partial charge in [0, 0.05) is 39.3 Å². The van der Waals surface area contributed by atoms with Crippen LogP contribution < -0.4 is 5.32 Å². The van der Waals surface area contributed by atoms with E-state index in [0.29, 0.717) is 6.04 Å². The van der Waals surface area contributed by atoms with Crippen LogP contribution in [-0.4, -0.2) is 50.8 Å². The molecule has 15 heavy (non-hydrogen) atoms. The minimum absolute atomic E-state index is 0.577. The SMILES string of the molecule is COCCN(CCNC(C)C)CC(C)C. The van der Waals surface area contributed by atoms with Gasteiger partial charge in [-0.2, -0.15) is 0 Å². The van der Waals surface area contributed by atoms with Gasteiger partial charge in [0.2, 0.25) is 0 Å². The summed E-state index contributed by atoms with van der Waals surface area (Å²) in [5.74, 6) is 0.723. The van der Waals surface area contributed by atoms with Crippen molar-refractivity contribution in [2.75, 3.05) is 39.9 Å². The van der Waals surface area contributed by atoms with Crippen LogP contribution in [0.3, 0.4) is 0 Å². The van der Waals surface area contributed by atoms with Crippen LogP contribution in [0.4, 0.5) is 0 Å². The van der Waals surface area contributed by atoms with E-state index < -0.39 is 0 Å². The quantitative estimate of drug-likeness (QED) is 0.633. The molecule has 0 aliphatic rings. The predicted molar refractivity (Wildman–Crippen MR) is 66.3 cm³/mol. The monoisotopic (exact) mass is 216 g/mol. The summed E-state index contributed by atoms with van der Waals surface area (Å²) in [6.45, 7) is 14.1. The lowest BCUT2D eigenvalue weighted by Crippen LogP contribution is -2.38. The highest BCUT2D eigenvalue weighted by molar-refractivity contribution is 4.63. The smallest absolute Gasteiger partial charge is 0.0589 e. The first kappa shape index (κ1) is 14.9. The molecule has 0 unspecified atom stereocenters. The molecule has 3 heteroatoms. The molecule has 92 valence electrons. The van der Waals surface area contributed by atoms with Crippen molar-refractivity contribution in [3.05, 3.63) is 0 Å². The number of methoxy groups -OCH3 is 1. The van der Waals surface area contributed by atoms with Crippen molar-refractivity contribution in [1.29, 1.82) is 0 Å². The second-order valence-electron chi connectivity index (χ2n) is 4.80. The molecule has 0 saturated carbocycles. The number of nitrogens with one attached hydrogen (secondary N) is 1. The van der Waals surface area contributed by atoms with Gasteiger partial charge in [0.15, 0.2) is 0 Å². The van der Waals surface area contributed by atoms with Crippen molar-refractivity contribution in [2.45, 2.75) is 33.7 Å². The van der Waals surface area contributed by atoms with E-state index in [0.717, 1.165) is 38.7 Å². The van der Waals surface area contributed by atoms with Gasteiger partial charge in [-0.15, -0.1) is 0 Å². The molecule has 0 saturated heterocycles. The van der Waals surface area contributed by atoms with Crippen LogP contribution in [0.5, 0.6) is 0 Å². The molecule has 0 aliphatic heterocycles. The average molecular weight is 216 g/mol. The number of nitrogens with zero attached hydrogens (tertiary/aromatic N) is 1. The molecule has 3 nitrogen and oxygen atoms in total. The third kappa shape index (κ3) is 10.2. The van der Waals surface area contributed by atoms with Gasteiger partial charge in [0.05, 0.1) is 6.61 Å². The van der Waals surface area contributed by atoms with Gasteiger partial charge in [-0.05, 0) is 5.92 Å². The lowest BCUT2D eigenvalue weighted by molar-refractivity contribution is 0.140. The molecule has 0 atom stereocenters. The maximum atomic E-state index is 5.12. The maximum Gasteiger partial charge on any atom is 0.0589 e. The number of rotatable bonds is 9. The minimum atomic E-state index is 0.577. The van der Waals surface area contributed by atoms with Crippen LogP contribution in [0.15, 0.2) is 0 Å². The van der Waals surface area contributed by atoms with Gasteiger partial charge in [-0.3, -0.25) is 4.90 Å². The zero-order valence-electron chi connectivity index (χ0n) is 11.0. The lowest BCUT2D eigenvalue weighted by Gasteiger charge is -2.24. The van der Waals surface area contributed by atoms with Crippen LogP contribution in [0.25, 0.3) is 0 Å². The second-order valence-corrected chi connectivity index (χ2v) is 4.80. The predicted octanol–water partition coefficient (Wildman–Crippen LogP) is 1.59. The van der Waals surface area contributed by atoms with E-state index in [4.69, 9.17) is 4.74 Å². The van der Waals surface area contributed by atoms with Crippen LogP contribution in [0.2, 0.25) is 0 Å². The summed E-state index contributed by atoms with van der Waals surface area (Å²) in [5.41, 5.74) is 0. The summed E-state index contributed by atoms with van der Waals surface area (Å²) in [6, 6.07) is 0.577. The summed E-state index contributed by atoms with van der Waals surface area (Å²) in [5, 5.41) is 3.44. The molecule has 0 radical (unpaired) electrons. The van der Waals surface area contributed by atoms with Gasteiger partial charge in [-0.25, -0.2) is 0 Å². The Bertz CT molecular complexity index is 138. The molecule has 0 aliphatic carbocycles. The summed E-state index contributed by atoms with van der Waals surface area (Å²) >= 11 is 0. The van der Waals surface area contributed by atoms with Crippen molar-refractivity contribution >= 4 is 0 Å². The third-order valence-corrected chi connectivity index (χ3v) is 2.22. The first-order valence-electron chi connectivity index (χ1n) is 6.01. The zero-order valence-corrected chi connectivity index (χ0v) is 11.0. The average Bonchev–Trinajstić information content (AvgIpc) is 2.12. The summed E-state index contributed by atoms with van der Waals surface area (Å²) < 4.78 is 5.12. The van der Waals surface area contributed by atoms with Crippen LogP contribution >= 0.6 is 0 Å². The molecule has 0 aromatic heterocycles. The van der Waals surface area contributed by atoms with Gasteiger partial charge >= 0.3 is 0 Å². The molecule has 0 fully saturated rings. The van der Waals surface area contributed by atoms with E-state index in [9.17, 15) is 0 Å². The van der Waals surface area contributed by atoms with Gasteiger partial charge in [0.1, 0.15) is 0 Å². The Labute approximate surface area is 95.2 Å². The normalized spacial score (nSPS) is 12.0. The summed E-state index contributed by atoms with van der Waals surface area (Å²) in [7, 11) is 1.76. The second kappa shape index (κ2) is 9.13. The Hall–Kier alpha value is -0.120. The molecule has 0 amide bonds. The largest absolute Gasteiger partial charge is 0.383 e. The van der Waals surface area contributed by atoms with Crippen LogP contribution in [0, 0.1) is 5.92 Å². The van der Waals surface area contributed by atoms with E-state index in [1.807, 2.05) is 0 Å². The number of ether oxygens (including phenoxy) is 1. The molecule has 0 spiro atoms. The third-order valence-electron chi connectivity index (χ3n) is 2.22. The van der Waals surface area contributed by atoms with E-state index >= 15 is 0 Å². The van der Waals surface area contributed by atoms with E-state index in [-0.39, 0.29) is 0 Å². The number of hydrogen-bond donors (Lipinski definition) is 1. The van der Waals surface area contributed by atoms with Crippen LogP contribution in [-0.2, 0) is 4.74 Å². The Kier molecular flexibility index (Phi) is 9.06. The summed E-state index contributed by atoms with van der Waals surface area (Å²) in [6.07, 6.45) is 0. The standard InChI is InChI=1S/C12H28N2O/c1-11(2)10-14(8-9-15-5)7-6-13-12(3)4/h11-13H,6-10H2,1-5H3. The molecule has 1 N–H and O–H groups in total. The van der Waals surface area contributed by atoms with E-state index in [2.05, 4.69) is 37.9 Å². The molecular weight excluding hydrogens is 188 g/mol. The highest BCUT2D eigenvalue weighted by Gasteiger charge is 2.06. The maximum absolute atomic E-state index is 5.12. The molecule has 0 heterocycles. The lowest BCUT2D eigenvalue weighted by atomic mass is 10.2. The fourth-order valence-electron chi connectivity index (χ4n) is 1.54. The first-order valence-corrected chi connectivity index (χ1v) is 6.01. The molecule has 0 rings (SSSR count). The van der Waals surface area contributed by atoms with Crippen molar-refractivity contribution in [2.24, 2.45) is 5.92 Å². The molecular formula is C12H28N2O. The topological polar surface area (TPSA) is 24.5 Å². The highest BCUT2D eigenvalue weighted by Crippen LogP contribution is 1.97. The molecule has 0 aromatic carbocycles. The molecule has 0 aromatic rings. The van der Waals surface area contributed by atoms with Crippen molar-refractivity contribution in [3.8, 4) is 0 Å².